The van der Waals surface area contributed by atoms with Crippen LogP contribution in [0.3, 0.4) is 0 Å². The van der Waals surface area contributed by atoms with Crippen LogP contribution in [0.2, 0.25) is 0 Å². The fourth-order valence-electron chi connectivity index (χ4n) is 1.36. The van der Waals surface area contributed by atoms with Crippen LogP contribution >= 0.6 is 0 Å². The minimum Gasteiger partial charge on any atom is -0.440 e. The molecule has 0 saturated carbocycles. The lowest BCUT2D eigenvalue weighted by Gasteiger charge is -2.19. The smallest absolute Gasteiger partial charge is 0.408 e. The van der Waals surface area contributed by atoms with Crippen molar-refractivity contribution >= 4 is 6.09 Å². The van der Waals surface area contributed by atoms with E-state index in [1.54, 1.807) is 0 Å². The molecule has 0 aromatic rings. The molecule has 2 unspecified atom stereocenters. The predicted octanol–water partition coefficient (Wildman–Crippen LogP) is 1.70. The van der Waals surface area contributed by atoms with Gasteiger partial charge in [-0.1, -0.05) is 20.4 Å². The maximum absolute atomic E-state index is 10.9. The average Bonchev–Trinajstić information content (AvgIpc) is 2.31. The van der Waals surface area contributed by atoms with E-state index in [4.69, 9.17) is 4.74 Å². The molecule has 0 aliphatic carbocycles. The summed E-state index contributed by atoms with van der Waals surface area (Å²) in [6.45, 7) is 9.76. The maximum atomic E-state index is 10.9. The first-order valence-corrected chi connectivity index (χ1v) is 4.15. The summed E-state index contributed by atoms with van der Waals surface area (Å²) in [5.74, 6) is 0.373. The number of alkyl carbamates (subject to hydrolysis) is 1. The highest BCUT2D eigenvalue weighted by molar-refractivity contribution is 5.70. The Labute approximate surface area is 72.8 Å². The molecule has 1 heterocycles. The summed E-state index contributed by atoms with van der Waals surface area (Å²) in [5, 5.41) is 2.76. The molecule has 12 heavy (non-hydrogen) atoms. The second kappa shape index (κ2) is 3.17. The van der Waals surface area contributed by atoms with E-state index in [0.717, 1.165) is 5.57 Å². The quantitative estimate of drug-likeness (QED) is 0.639. The van der Waals surface area contributed by atoms with Gasteiger partial charge in [-0.25, -0.2) is 4.79 Å². The Morgan fingerprint density at radius 1 is 1.67 bits per heavy atom. The zero-order chi connectivity index (χ0) is 9.30. The number of nitrogens with one attached hydrogen (secondary N) is 1. The summed E-state index contributed by atoms with van der Waals surface area (Å²) >= 11 is 0. The molecule has 0 aromatic heterocycles. The van der Waals surface area contributed by atoms with Gasteiger partial charge >= 0.3 is 6.09 Å². The van der Waals surface area contributed by atoms with E-state index >= 15 is 0 Å². The van der Waals surface area contributed by atoms with Gasteiger partial charge in [0.15, 0.2) is 0 Å². The van der Waals surface area contributed by atoms with Gasteiger partial charge in [-0.05, 0) is 18.4 Å². The summed E-state index contributed by atoms with van der Waals surface area (Å²) in [6.07, 6.45) is -0.487. The molecule has 1 N–H and O–H groups in total. The van der Waals surface area contributed by atoms with Crippen molar-refractivity contribution in [1.82, 2.24) is 5.32 Å². The highest BCUT2D eigenvalue weighted by atomic mass is 16.6. The largest absolute Gasteiger partial charge is 0.440 e. The zero-order valence-electron chi connectivity index (χ0n) is 7.76. The molecule has 0 bridgehead atoms. The molecule has 2 atom stereocenters. The van der Waals surface area contributed by atoms with Crippen molar-refractivity contribution in [1.29, 1.82) is 0 Å². The van der Waals surface area contributed by atoms with E-state index in [-0.39, 0.29) is 18.2 Å². The molecule has 1 amide bonds. The zero-order valence-corrected chi connectivity index (χ0v) is 7.76. The van der Waals surface area contributed by atoms with Crippen molar-refractivity contribution in [3.63, 3.8) is 0 Å². The van der Waals surface area contributed by atoms with Gasteiger partial charge in [0.1, 0.15) is 6.10 Å². The van der Waals surface area contributed by atoms with Crippen molar-refractivity contribution < 1.29 is 9.53 Å². The number of amides is 1. The van der Waals surface area contributed by atoms with Crippen LogP contribution < -0.4 is 5.32 Å². The lowest BCUT2D eigenvalue weighted by atomic mass is 9.96. The highest BCUT2D eigenvalue weighted by Crippen LogP contribution is 2.20. The summed E-state index contributed by atoms with van der Waals surface area (Å²) < 4.78 is 5.05. The topological polar surface area (TPSA) is 38.3 Å². The van der Waals surface area contributed by atoms with Gasteiger partial charge in [-0.15, -0.1) is 0 Å². The van der Waals surface area contributed by atoms with Crippen LogP contribution in [0.25, 0.3) is 0 Å². The van der Waals surface area contributed by atoms with Crippen molar-refractivity contribution in [3.05, 3.63) is 12.2 Å². The molecule has 68 valence electrons. The third kappa shape index (κ3) is 1.60. The van der Waals surface area contributed by atoms with Gasteiger partial charge < -0.3 is 10.1 Å². The second-order valence-electron chi connectivity index (χ2n) is 3.59. The molecule has 1 saturated heterocycles. The normalized spacial score (nSPS) is 28.5. The molecule has 3 nitrogen and oxygen atoms in total. The number of carbonyl (C=O) groups is 1. The highest BCUT2D eigenvalue weighted by Gasteiger charge is 2.36. The summed E-state index contributed by atoms with van der Waals surface area (Å²) in [5.41, 5.74) is 0.895. The Kier molecular flexibility index (Phi) is 2.40. The molecule has 1 aliphatic heterocycles. The van der Waals surface area contributed by atoms with Crippen molar-refractivity contribution in [3.8, 4) is 0 Å². The lowest BCUT2D eigenvalue weighted by molar-refractivity contribution is 0.144. The lowest BCUT2D eigenvalue weighted by Crippen LogP contribution is -2.36. The molecule has 0 radical (unpaired) electrons. The number of cyclic esters (lactones) is 1. The number of carbonyl (C=O) groups excluding carboxylic acids is 1. The van der Waals surface area contributed by atoms with Gasteiger partial charge in [-0.3, -0.25) is 0 Å². The maximum Gasteiger partial charge on any atom is 0.408 e. The van der Waals surface area contributed by atoms with Crippen molar-refractivity contribution in [2.24, 2.45) is 5.92 Å². The van der Waals surface area contributed by atoms with E-state index in [0.29, 0.717) is 5.92 Å². The first-order valence-electron chi connectivity index (χ1n) is 4.15. The summed E-state index contributed by atoms with van der Waals surface area (Å²) in [4.78, 5) is 10.9. The van der Waals surface area contributed by atoms with Crippen LogP contribution in [0, 0.1) is 5.92 Å². The van der Waals surface area contributed by atoms with Crippen molar-refractivity contribution in [2.45, 2.75) is 32.9 Å². The SMILES string of the molecule is C=C(C)C1OC(=O)NC1C(C)C. The summed E-state index contributed by atoms with van der Waals surface area (Å²) in [7, 11) is 0. The van der Waals surface area contributed by atoms with Crippen LogP contribution in [0.15, 0.2) is 12.2 Å². The van der Waals surface area contributed by atoms with Gasteiger partial charge in [0.2, 0.25) is 0 Å². The molecule has 1 fully saturated rings. The van der Waals surface area contributed by atoms with Gasteiger partial charge in [0.25, 0.3) is 0 Å². The second-order valence-corrected chi connectivity index (χ2v) is 3.59. The molecule has 1 aliphatic rings. The monoisotopic (exact) mass is 169 g/mol. The van der Waals surface area contributed by atoms with Crippen LogP contribution in [0.4, 0.5) is 4.79 Å². The molecular weight excluding hydrogens is 154 g/mol. The van der Waals surface area contributed by atoms with Gasteiger partial charge in [-0.2, -0.15) is 0 Å². The number of rotatable bonds is 2. The number of hydrogen-bond acceptors (Lipinski definition) is 2. The molecule has 0 aromatic carbocycles. The van der Waals surface area contributed by atoms with Gasteiger partial charge in [0, 0.05) is 0 Å². The minimum atomic E-state index is -0.332. The Morgan fingerprint density at radius 2 is 2.25 bits per heavy atom. The number of ether oxygens (including phenoxy) is 1. The molecule has 0 spiro atoms. The first-order chi connectivity index (χ1) is 5.52. The number of hydrogen-bond donors (Lipinski definition) is 1. The van der Waals surface area contributed by atoms with Crippen LogP contribution in [0.5, 0.6) is 0 Å². The van der Waals surface area contributed by atoms with Gasteiger partial charge in [0.05, 0.1) is 6.04 Å². The van der Waals surface area contributed by atoms with E-state index < -0.39 is 0 Å². The third-order valence-corrected chi connectivity index (χ3v) is 2.05. The van der Waals surface area contributed by atoms with E-state index in [1.807, 2.05) is 6.92 Å². The Hall–Kier alpha value is -0.990. The van der Waals surface area contributed by atoms with Crippen LogP contribution in [0.1, 0.15) is 20.8 Å². The third-order valence-electron chi connectivity index (χ3n) is 2.05. The summed E-state index contributed by atoms with van der Waals surface area (Å²) in [6, 6.07) is 0.0787. The first kappa shape index (κ1) is 9.10. The Bertz CT molecular complexity index is 211. The molecule has 1 rings (SSSR count). The van der Waals surface area contributed by atoms with E-state index in [1.165, 1.54) is 0 Å². The van der Waals surface area contributed by atoms with E-state index in [2.05, 4.69) is 25.7 Å². The Balaban J connectivity index is 2.72. The average molecular weight is 169 g/mol. The van der Waals surface area contributed by atoms with Crippen LogP contribution in [-0.2, 0) is 4.74 Å². The molecular formula is C9H15NO2. The van der Waals surface area contributed by atoms with Crippen LogP contribution in [-0.4, -0.2) is 18.2 Å². The fraction of sp³-hybridized carbons (Fsp3) is 0.667. The van der Waals surface area contributed by atoms with Crippen molar-refractivity contribution in [2.75, 3.05) is 0 Å². The predicted molar refractivity (Wildman–Crippen MR) is 46.8 cm³/mol. The minimum absolute atomic E-state index is 0.0787. The standard InChI is InChI=1S/C9H15NO2/c1-5(2)7-8(6(3)4)12-9(11)10-7/h5,7-8H,3H2,1-2,4H3,(H,10,11). The Morgan fingerprint density at radius 3 is 2.58 bits per heavy atom. The fourth-order valence-corrected chi connectivity index (χ4v) is 1.36. The van der Waals surface area contributed by atoms with E-state index in [9.17, 15) is 4.79 Å². The molecule has 3 heteroatoms.